The van der Waals surface area contributed by atoms with Crippen LogP contribution < -0.4 is 0 Å². The first-order valence-corrected chi connectivity index (χ1v) is 6.23. The van der Waals surface area contributed by atoms with Gasteiger partial charge in [-0.25, -0.2) is 0 Å². The number of hydrogen-bond acceptors (Lipinski definition) is 2. The number of nitrogens with zero attached hydrogens (tertiary/aromatic N) is 3. The fourth-order valence-corrected chi connectivity index (χ4v) is 2.19. The van der Waals surface area contributed by atoms with E-state index in [0.29, 0.717) is 0 Å². The molecule has 3 aromatic rings. The van der Waals surface area contributed by atoms with E-state index >= 15 is 0 Å². The van der Waals surface area contributed by atoms with Crippen molar-refractivity contribution < 1.29 is 0 Å². The van der Waals surface area contributed by atoms with E-state index in [9.17, 15) is 0 Å². The van der Waals surface area contributed by atoms with Gasteiger partial charge < -0.3 is 0 Å². The molecular formula is C15H15N3. The van der Waals surface area contributed by atoms with Crippen LogP contribution in [-0.4, -0.2) is 15.0 Å². The van der Waals surface area contributed by atoms with Crippen molar-refractivity contribution in [3.05, 3.63) is 60.4 Å². The molecule has 0 aliphatic carbocycles. The molecule has 2 aromatic carbocycles. The maximum atomic E-state index is 3.96. The van der Waals surface area contributed by atoms with Crippen LogP contribution in [0.4, 0.5) is 0 Å². The third-order valence-electron chi connectivity index (χ3n) is 3.14. The monoisotopic (exact) mass is 237 g/mol. The normalized spacial score (nSPS) is 10.9. The van der Waals surface area contributed by atoms with E-state index in [1.807, 2.05) is 10.9 Å². The maximum absolute atomic E-state index is 3.96. The van der Waals surface area contributed by atoms with E-state index in [1.165, 1.54) is 16.3 Å². The molecule has 3 rings (SSSR count). The highest BCUT2D eigenvalue weighted by Gasteiger charge is 1.97. The molecule has 0 aliphatic heterocycles. The van der Waals surface area contributed by atoms with E-state index in [0.717, 1.165) is 19.4 Å². The second-order valence-corrected chi connectivity index (χ2v) is 4.45. The molecule has 0 saturated carbocycles. The number of hydrogen-bond donors (Lipinski definition) is 0. The lowest BCUT2D eigenvalue weighted by atomic mass is 10.0. The van der Waals surface area contributed by atoms with Gasteiger partial charge in [0.1, 0.15) is 0 Å². The summed E-state index contributed by atoms with van der Waals surface area (Å²) in [5, 5.41) is 10.4. The van der Waals surface area contributed by atoms with Crippen molar-refractivity contribution >= 4 is 10.8 Å². The first kappa shape index (κ1) is 11.0. The van der Waals surface area contributed by atoms with Crippen LogP contribution >= 0.6 is 0 Å². The summed E-state index contributed by atoms with van der Waals surface area (Å²) >= 11 is 0. The molecule has 18 heavy (non-hydrogen) atoms. The SMILES string of the molecule is c1ccc2cc(CCCn3ccnn3)ccc2c1. The van der Waals surface area contributed by atoms with Gasteiger partial charge >= 0.3 is 0 Å². The molecule has 3 nitrogen and oxygen atoms in total. The molecule has 0 aliphatic rings. The van der Waals surface area contributed by atoms with Crippen LogP contribution in [0.2, 0.25) is 0 Å². The fraction of sp³-hybridized carbons (Fsp3) is 0.200. The minimum atomic E-state index is 0.923. The molecule has 0 saturated heterocycles. The third kappa shape index (κ3) is 2.40. The average Bonchev–Trinajstić information content (AvgIpc) is 2.92. The smallest absolute Gasteiger partial charge is 0.0692 e. The minimum absolute atomic E-state index is 0.923. The van der Waals surface area contributed by atoms with Crippen molar-refractivity contribution in [3.8, 4) is 0 Å². The van der Waals surface area contributed by atoms with Crippen molar-refractivity contribution in [3.63, 3.8) is 0 Å². The molecule has 3 heteroatoms. The summed E-state index contributed by atoms with van der Waals surface area (Å²) in [5.41, 5.74) is 1.38. The molecule has 0 N–H and O–H groups in total. The van der Waals surface area contributed by atoms with Gasteiger partial charge in [-0.1, -0.05) is 47.7 Å². The Labute approximate surface area is 106 Å². The van der Waals surface area contributed by atoms with Gasteiger partial charge in [0.15, 0.2) is 0 Å². The Kier molecular flexibility index (Phi) is 3.05. The Balaban J connectivity index is 1.67. The van der Waals surface area contributed by atoms with Crippen LogP contribution in [0.15, 0.2) is 54.9 Å². The van der Waals surface area contributed by atoms with E-state index in [4.69, 9.17) is 0 Å². The van der Waals surface area contributed by atoms with Crippen LogP contribution in [0.1, 0.15) is 12.0 Å². The molecule has 0 amide bonds. The molecule has 0 spiro atoms. The van der Waals surface area contributed by atoms with Crippen molar-refractivity contribution in [1.82, 2.24) is 15.0 Å². The first-order valence-electron chi connectivity index (χ1n) is 6.23. The van der Waals surface area contributed by atoms with Crippen molar-refractivity contribution in [2.75, 3.05) is 0 Å². The average molecular weight is 237 g/mol. The van der Waals surface area contributed by atoms with Crippen LogP contribution in [0, 0.1) is 0 Å². The highest BCUT2D eigenvalue weighted by atomic mass is 15.4. The number of benzene rings is 2. The lowest BCUT2D eigenvalue weighted by Crippen LogP contribution is -2.00. The van der Waals surface area contributed by atoms with Gasteiger partial charge in [0.25, 0.3) is 0 Å². The van der Waals surface area contributed by atoms with E-state index < -0.39 is 0 Å². The highest BCUT2D eigenvalue weighted by molar-refractivity contribution is 5.82. The van der Waals surface area contributed by atoms with Gasteiger partial charge in [-0.2, -0.15) is 0 Å². The zero-order valence-corrected chi connectivity index (χ0v) is 10.2. The molecule has 0 radical (unpaired) electrons. The molecule has 90 valence electrons. The summed E-state index contributed by atoms with van der Waals surface area (Å²) in [6.45, 7) is 0.923. The number of rotatable bonds is 4. The lowest BCUT2D eigenvalue weighted by Gasteiger charge is -2.04. The van der Waals surface area contributed by atoms with E-state index in [1.54, 1.807) is 6.20 Å². The summed E-state index contributed by atoms with van der Waals surface area (Å²) in [4.78, 5) is 0. The Morgan fingerprint density at radius 3 is 2.72 bits per heavy atom. The topological polar surface area (TPSA) is 30.7 Å². The number of aryl methyl sites for hydroxylation is 2. The van der Waals surface area contributed by atoms with Crippen molar-refractivity contribution in [1.29, 1.82) is 0 Å². The third-order valence-corrected chi connectivity index (χ3v) is 3.14. The Morgan fingerprint density at radius 1 is 1.00 bits per heavy atom. The zero-order chi connectivity index (χ0) is 12.2. The van der Waals surface area contributed by atoms with Gasteiger partial charge in [-0.05, 0) is 29.2 Å². The van der Waals surface area contributed by atoms with E-state index in [-0.39, 0.29) is 0 Å². The Hall–Kier alpha value is -2.16. The second-order valence-electron chi connectivity index (χ2n) is 4.45. The van der Waals surface area contributed by atoms with Gasteiger partial charge in [-0.15, -0.1) is 5.10 Å². The van der Waals surface area contributed by atoms with E-state index in [2.05, 4.69) is 52.8 Å². The molecule has 0 fully saturated rings. The summed E-state index contributed by atoms with van der Waals surface area (Å²) in [6.07, 6.45) is 5.78. The first-order chi connectivity index (χ1) is 8.92. The Bertz CT molecular complexity index is 629. The summed E-state index contributed by atoms with van der Waals surface area (Å²) in [6, 6.07) is 15.2. The summed E-state index contributed by atoms with van der Waals surface area (Å²) < 4.78 is 1.88. The number of aromatic nitrogens is 3. The Morgan fingerprint density at radius 2 is 1.89 bits per heavy atom. The molecule has 0 atom stereocenters. The standard InChI is InChI=1S/C15H15N3/c1-2-6-15-12-13(7-8-14(15)5-1)4-3-10-18-11-9-16-17-18/h1-2,5-9,11-12H,3-4,10H2. The van der Waals surface area contributed by atoms with Gasteiger partial charge in [0.2, 0.25) is 0 Å². The molecule has 1 aromatic heterocycles. The minimum Gasteiger partial charge on any atom is -0.253 e. The molecule has 0 bridgehead atoms. The maximum Gasteiger partial charge on any atom is 0.0692 e. The highest BCUT2D eigenvalue weighted by Crippen LogP contribution is 2.16. The zero-order valence-electron chi connectivity index (χ0n) is 10.2. The molecular weight excluding hydrogens is 222 g/mol. The molecule has 1 heterocycles. The van der Waals surface area contributed by atoms with Gasteiger partial charge in [0.05, 0.1) is 6.20 Å². The van der Waals surface area contributed by atoms with Crippen molar-refractivity contribution in [2.45, 2.75) is 19.4 Å². The number of fused-ring (bicyclic) bond motifs is 1. The quantitative estimate of drug-likeness (QED) is 0.698. The van der Waals surface area contributed by atoms with Crippen LogP contribution in [-0.2, 0) is 13.0 Å². The lowest BCUT2D eigenvalue weighted by molar-refractivity contribution is 0.559. The van der Waals surface area contributed by atoms with Crippen LogP contribution in [0.25, 0.3) is 10.8 Å². The van der Waals surface area contributed by atoms with Crippen molar-refractivity contribution in [2.24, 2.45) is 0 Å². The van der Waals surface area contributed by atoms with Crippen LogP contribution in [0.3, 0.4) is 0 Å². The fourth-order valence-electron chi connectivity index (χ4n) is 2.19. The largest absolute Gasteiger partial charge is 0.253 e. The predicted octanol–water partition coefficient (Wildman–Crippen LogP) is 3.06. The summed E-state index contributed by atoms with van der Waals surface area (Å²) in [5.74, 6) is 0. The molecule has 0 unspecified atom stereocenters. The summed E-state index contributed by atoms with van der Waals surface area (Å²) in [7, 11) is 0. The van der Waals surface area contributed by atoms with Gasteiger partial charge in [0, 0.05) is 12.7 Å². The predicted molar refractivity (Wildman–Crippen MR) is 72.3 cm³/mol. The van der Waals surface area contributed by atoms with Crippen LogP contribution in [0.5, 0.6) is 0 Å². The van der Waals surface area contributed by atoms with Gasteiger partial charge in [-0.3, -0.25) is 4.68 Å². The second kappa shape index (κ2) is 5.00.